The van der Waals surface area contributed by atoms with Gasteiger partial charge in [0, 0.05) is 23.2 Å². The Labute approximate surface area is 185 Å². The molecule has 0 radical (unpaired) electrons. The average Bonchev–Trinajstić information content (AvgIpc) is 3.41. The maximum absolute atomic E-state index is 14.8. The van der Waals surface area contributed by atoms with E-state index in [0.717, 1.165) is 18.5 Å². The molecule has 3 heterocycles. The number of nitrogens with one attached hydrogen (secondary N) is 3. The van der Waals surface area contributed by atoms with Crippen molar-refractivity contribution in [1.29, 1.82) is 0 Å². The third-order valence-corrected chi connectivity index (χ3v) is 7.76. The fourth-order valence-corrected chi connectivity index (χ4v) is 6.14. The molecule has 2 atom stereocenters. The van der Waals surface area contributed by atoms with Crippen LogP contribution >= 0.6 is 0 Å². The number of sulfone groups is 1. The van der Waals surface area contributed by atoms with Crippen LogP contribution in [0.25, 0.3) is 0 Å². The third kappa shape index (κ3) is 4.18. The van der Waals surface area contributed by atoms with Crippen LogP contribution in [0.3, 0.4) is 0 Å². The number of alkyl carbamates (subject to hydrolysis) is 1. The van der Waals surface area contributed by atoms with E-state index in [9.17, 15) is 17.6 Å². The molecule has 2 fully saturated rings. The third-order valence-electron chi connectivity index (χ3n) is 6.28. The fraction of sp³-hybridized carbons (Fsp3) is 0.524. The van der Waals surface area contributed by atoms with Gasteiger partial charge in [0.1, 0.15) is 6.10 Å². The van der Waals surface area contributed by atoms with Gasteiger partial charge in [-0.25, -0.2) is 17.6 Å². The maximum Gasteiger partial charge on any atom is 0.407 e. The van der Waals surface area contributed by atoms with Gasteiger partial charge in [0.05, 0.1) is 35.9 Å². The van der Waals surface area contributed by atoms with Crippen molar-refractivity contribution in [3.63, 3.8) is 0 Å². The van der Waals surface area contributed by atoms with E-state index in [1.165, 1.54) is 6.07 Å². The van der Waals surface area contributed by atoms with E-state index >= 15 is 0 Å². The number of aromatic nitrogens is 2. The molecule has 32 heavy (non-hydrogen) atoms. The highest BCUT2D eigenvalue weighted by atomic mass is 32.2. The van der Waals surface area contributed by atoms with E-state index in [4.69, 9.17) is 9.47 Å². The molecule has 0 spiro atoms. The average molecular weight is 465 g/mol. The zero-order valence-electron chi connectivity index (χ0n) is 17.6. The topological polar surface area (TPSA) is 122 Å². The summed E-state index contributed by atoms with van der Waals surface area (Å²) >= 11 is 0. The number of amides is 1. The van der Waals surface area contributed by atoms with Gasteiger partial charge < -0.3 is 20.1 Å². The van der Waals surface area contributed by atoms with Crippen molar-refractivity contribution in [2.24, 2.45) is 0 Å². The Morgan fingerprint density at radius 1 is 1.31 bits per heavy atom. The molecule has 1 aromatic heterocycles. The minimum Gasteiger partial charge on any atom is -0.446 e. The predicted molar refractivity (Wildman–Crippen MR) is 114 cm³/mol. The molecule has 9 nitrogen and oxygen atoms in total. The molecule has 2 unspecified atom stereocenters. The molecule has 2 aliphatic heterocycles. The van der Waals surface area contributed by atoms with Crippen molar-refractivity contribution in [2.75, 3.05) is 18.5 Å². The number of anilines is 2. The largest absolute Gasteiger partial charge is 0.446 e. The number of fused-ring (bicyclic) bond motifs is 1. The molecule has 2 aromatic rings. The van der Waals surface area contributed by atoms with E-state index in [1.54, 1.807) is 6.07 Å². The number of hydrogen-bond donors (Lipinski definition) is 3. The summed E-state index contributed by atoms with van der Waals surface area (Å²) in [6.07, 6.45) is 1.65. The van der Waals surface area contributed by atoms with E-state index < -0.39 is 21.7 Å². The van der Waals surface area contributed by atoms with Crippen LogP contribution in [0.1, 0.15) is 48.9 Å². The summed E-state index contributed by atoms with van der Waals surface area (Å²) in [4.78, 5) is 12.1. The molecule has 1 saturated heterocycles. The predicted octanol–water partition coefficient (Wildman–Crippen LogP) is 2.87. The lowest BCUT2D eigenvalue weighted by Crippen LogP contribution is -2.60. The number of hydrogen-bond acceptors (Lipinski definition) is 7. The Bertz CT molecular complexity index is 1160. The first-order valence-corrected chi connectivity index (χ1v) is 12.4. The highest BCUT2D eigenvalue weighted by molar-refractivity contribution is 7.90. The van der Waals surface area contributed by atoms with Crippen molar-refractivity contribution in [2.45, 2.75) is 55.3 Å². The number of nitrogens with zero attached hydrogens (tertiary/aromatic N) is 1. The monoisotopic (exact) mass is 464 g/mol. The van der Waals surface area contributed by atoms with Gasteiger partial charge >= 0.3 is 6.09 Å². The number of benzene rings is 1. The van der Waals surface area contributed by atoms with Crippen molar-refractivity contribution < 1.29 is 27.1 Å². The highest BCUT2D eigenvalue weighted by Crippen LogP contribution is 2.37. The first-order chi connectivity index (χ1) is 15.2. The Morgan fingerprint density at radius 3 is 2.88 bits per heavy atom. The van der Waals surface area contributed by atoms with E-state index in [0.29, 0.717) is 31.0 Å². The van der Waals surface area contributed by atoms with E-state index in [1.807, 2.05) is 13.0 Å². The molecule has 3 N–H and O–H groups in total. The summed E-state index contributed by atoms with van der Waals surface area (Å²) in [7, 11) is -3.28. The minimum absolute atomic E-state index is 0.123. The number of ether oxygens (including phenoxy) is 2. The number of rotatable bonds is 5. The molecule has 1 amide bonds. The fourth-order valence-electron chi connectivity index (χ4n) is 4.54. The molecule has 11 heteroatoms. The smallest absolute Gasteiger partial charge is 0.407 e. The first-order valence-electron chi connectivity index (χ1n) is 10.6. The Kier molecular flexibility index (Phi) is 5.12. The summed E-state index contributed by atoms with van der Waals surface area (Å²) in [6, 6.07) is 4.98. The molecular formula is C21H25FN4O5S. The standard InChI is InChI=1S/C21H25FN4O5S/c1-21(10-30-11-21)24-20(27)31-14-4-2-12(6-14)17-7-18(26-25-17)23-16-5-3-13-8-32(28,29)9-15(13)19(16)22/h3,5,7,12,14H,2,4,6,8-11H2,1H3,(H,24,27)(H2,23,25,26). The molecule has 1 saturated carbocycles. The normalized spacial score (nSPS) is 25.1. The van der Waals surface area contributed by atoms with Gasteiger partial charge in [-0.05, 0) is 37.8 Å². The van der Waals surface area contributed by atoms with Crippen molar-refractivity contribution >= 4 is 27.4 Å². The van der Waals surface area contributed by atoms with Crippen molar-refractivity contribution in [3.8, 4) is 0 Å². The van der Waals surface area contributed by atoms with E-state index in [-0.39, 0.29) is 40.3 Å². The van der Waals surface area contributed by atoms with Crippen molar-refractivity contribution in [3.05, 3.63) is 40.8 Å². The number of carbonyl (C=O) groups excluding carboxylic acids is 1. The highest BCUT2D eigenvalue weighted by Gasteiger charge is 2.37. The summed E-state index contributed by atoms with van der Waals surface area (Å²) in [5.41, 5.74) is 1.45. The van der Waals surface area contributed by atoms with Gasteiger partial charge in [0.2, 0.25) is 0 Å². The van der Waals surface area contributed by atoms with Crippen LogP contribution in [0.5, 0.6) is 0 Å². The Hall–Kier alpha value is -2.66. The van der Waals surface area contributed by atoms with Gasteiger partial charge in [-0.3, -0.25) is 5.10 Å². The molecule has 1 aromatic carbocycles. The molecule has 3 aliphatic rings. The second-order valence-electron chi connectivity index (χ2n) is 9.15. The van der Waals surface area contributed by atoms with Gasteiger partial charge in [-0.2, -0.15) is 5.10 Å². The molecule has 0 bridgehead atoms. The molecule has 5 rings (SSSR count). The van der Waals surface area contributed by atoms with E-state index in [2.05, 4.69) is 20.8 Å². The van der Waals surface area contributed by atoms with Gasteiger partial charge in [-0.1, -0.05) is 6.07 Å². The van der Waals surface area contributed by atoms with Crippen LogP contribution < -0.4 is 10.6 Å². The number of halogens is 1. The number of carbonyl (C=O) groups is 1. The molecular weight excluding hydrogens is 439 g/mol. The lowest BCUT2D eigenvalue weighted by molar-refractivity contribution is -0.0635. The van der Waals surface area contributed by atoms with Crippen LogP contribution in [0.2, 0.25) is 0 Å². The van der Waals surface area contributed by atoms with Crippen LogP contribution in [0.15, 0.2) is 18.2 Å². The Balaban J connectivity index is 1.19. The molecule has 172 valence electrons. The second-order valence-corrected chi connectivity index (χ2v) is 11.2. The second kappa shape index (κ2) is 7.73. The van der Waals surface area contributed by atoms with Crippen molar-refractivity contribution in [1.82, 2.24) is 15.5 Å². The van der Waals surface area contributed by atoms with Gasteiger partial charge in [0.25, 0.3) is 0 Å². The number of aromatic amines is 1. The summed E-state index contributed by atoms with van der Waals surface area (Å²) in [5.74, 6) is -0.368. The number of H-pyrrole nitrogens is 1. The van der Waals surface area contributed by atoms with Crippen LogP contribution in [0, 0.1) is 5.82 Å². The minimum atomic E-state index is -3.28. The summed E-state index contributed by atoms with van der Waals surface area (Å²) in [6.45, 7) is 2.89. The molecule has 1 aliphatic carbocycles. The van der Waals surface area contributed by atoms with Crippen LogP contribution in [-0.2, 0) is 30.8 Å². The van der Waals surface area contributed by atoms with Crippen LogP contribution in [-0.4, -0.2) is 49.6 Å². The zero-order valence-corrected chi connectivity index (χ0v) is 18.4. The SMILES string of the molecule is CC1(NC(=O)OC2CCC(c3cc(Nc4ccc5c(c4F)CS(=O)(=O)C5)n[nH]3)C2)COC1. The summed E-state index contributed by atoms with van der Waals surface area (Å²) in [5, 5.41) is 13.0. The van der Waals surface area contributed by atoms with Gasteiger partial charge in [0.15, 0.2) is 21.5 Å². The zero-order chi connectivity index (χ0) is 22.5. The van der Waals surface area contributed by atoms with Crippen LogP contribution in [0.4, 0.5) is 20.7 Å². The van der Waals surface area contributed by atoms with Gasteiger partial charge in [-0.15, -0.1) is 0 Å². The maximum atomic E-state index is 14.8. The lowest BCUT2D eigenvalue weighted by atomic mass is 10.0. The lowest BCUT2D eigenvalue weighted by Gasteiger charge is -2.38. The Morgan fingerprint density at radius 2 is 2.12 bits per heavy atom. The first kappa shape index (κ1) is 21.2. The quantitative estimate of drug-likeness (QED) is 0.622. The summed E-state index contributed by atoms with van der Waals surface area (Å²) < 4.78 is 49.1.